The fraction of sp³-hybridized carbons (Fsp3) is 0.188. The van der Waals surface area contributed by atoms with Gasteiger partial charge in [0.25, 0.3) is 5.68 Å². The van der Waals surface area contributed by atoms with Gasteiger partial charge in [0.1, 0.15) is 0 Å². The summed E-state index contributed by atoms with van der Waals surface area (Å²) < 4.78 is 33.1. The molecule has 3 rings (SSSR count). The van der Waals surface area contributed by atoms with E-state index >= 15 is 0 Å². The van der Waals surface area contributed by atoms with Crippen molar-refractivity contribution in [2.45, 2.75) is 25.7 Å². The van der Waals surface area contributed by atoms with Crippen molar-refractivity contribution in [3.8, 4) is 5.69 Å². The third-order valence-corrected chi connectivity index (χ3v) is 4.95. The van der Waals surface area contributed by atoms with E-state index in [0.717, 1.165) is 16.7 Å². The third-order valence-electron chi connectivity index (χ3n) is 3.69. The van der Waals surface area contributed by atoms with Crippen molar-refractivity contribution in [1.82, 2.24) is 10.4 Å². The second-order valence-electron chi connectivity index (χ2n) is 5.44. The van der Waals surface area contributed by atoms with Crippen LogP contribution < -0.4 is 15.6 Å². The van der Waals surface area contributed by atoms with Crippen molar-refractivity contribution in [3.63, 3.8) is 0 Å². The van der Waals surface area contributed by atoms with Gasteiger partial charge < -0.3 is 4.52 Å². The summed E-state index contributed by atoms with van der Waals surface area (Å²) in [7, 11) is -3.90. The first-order valence-corrected chi connectivity index (χ1v) is 8.68. The lowest BCUT2D eigenvalue weighted by molar-refractivity contribution is -0.730. The minimum absolute atomic E-state index is 0.0737. The smallest absolute Gasteiger partial charge is 0.261 e. The largest absolute Gasteiger partial charge is 0.360 e. The van der Waals surface area contributed by atoms with Gasteiger partial charge in [-0.15, -0.1) is 0 Å². The number of aromatic nitrogens is 3. The SMILES string of the molecule is Cc1ccc(S(=O)(=O)N=c2[n-][n+](-c3cccc(C)c3C)no2)cc1. The predicted molar refractivity (Wildman–Crippen MR) is 84.8 cm³/mol. The van der Waals surface area contributed by atoms with Gasteiger partial charge in [0.15, 0.2) is 0 Å². The molecular weight excluding hydrogens is 328 g/mol. The Labute approximate surface area is 139 Å². The first-order chi connectivity index (χ1) is 11.4. The Balaban J connectivity index is 2.02. The quantitative estimate of drug-likeness (QED) is 0.664. The van der Waals surface area contributed by atoms with Gasteiger partial charge in [-0.05, 0) is 43.3 Å². The number of nitrogens with zero attached hydrogens (tertiary/aromatic N) is 4. The van der Waals surface area contributed by atoms with Crippen molar-refractivity contribution < 1.29 is 17.7 Å². The first-order valence-electron chi connectivity index (χ1n) is 7.24. The van der Waals surface area contributed by atoms with Crippen LogP contribution in [0.1, 0.15) is 16.7 Å². The number of benzene rings is 2. The molecule has 0 unspecified atom stereocenters. The summed E-state index contributed by atoms with van der Waals surface area (Å²) in [5, 5.41) is 7.76. The molecule has 0 amide bonds. The lowest BCUT2D eigenvalue weighted by atomic mass is 10.1. The molecule has 0 radical (unpaired) electrons. The molecule has 0 N–H and O–H groups in total. The lowest BCUT2D eigenvalue weighted by Gasteiger charge is -2.00. The summed E-state index contributed by atoms with van der Waals surface area (Å²) in [5.74, 6) is 0. The number of hydrogen-bond donors (Lipinski definition) is 0. The van der Waals surface area contributed by atoms with Crippen molar-refractivity contribution in [2.24, 2.45) is 4.40 Å². The molecule has 124 valence electrons. The normalized spacial score (nSPS) is 12.5. The molecule has 2 aromatic carbocycles. The Morgan fingerprint density at radius 3 is 2.50 bits per heavy atom. The van der Waals surface area contributed by atoms with Gasteiger partial charge in [-0.3, -0.25) is 0 Å². The number of aryl methyl sites for hydroxylation is 2. The van der Waals surface area contributed by atoms with Crippen LogP contribution in [0.15, 0.2) is 56.3 Å². The van der Waals surface area contributed by atoms with Gasteiger partial charge in [0, 0.05) is 11.6 Å². The molecule has 7 nitrogen and oxygen atoms in total. The molecule has 0 saturated carbocycles. The average molecular weight is 344 g/mol. The summed E-state index contributed by atoms with van der Waals surface area (Å²) in [4.78, 5) is 1.30. The summed E-state index contributed by atoms with van der Waals surface area (Å²) >= 11 is 0. The third kappa shape index (κ3) is 3.13. The average Bonchev–Trinajstić information content (AvgIpc) is 2.98. The molecule has 0 aliphatic heterocycles. The van der Waals surface area contributed by atoms with E-state index in [-0.39, 0.29) is 10.6 Å². The molecule has 0 aliphatic rings. The van der Waals surface area contributed by atoms with E-state index in [0.29, 0.717) is 5.69 Å². The van der Waals surface area contributed by atoms with Gasteiger partial charge in [-0.2, -0.15) is 0 Å². The summed E-state index contributed by atoms with van der Waals surface area (Å²) in [6, 6.07) is 12.0. The van der Waals surface area contributed by atoms with Crippen molar-refractivity contribution in [3.05, 3.63) is 64.8 Å². The van der Waals surface area contributed by atoms with Gasteiger partial charge >= 0.3 is 0 Å². The predicted octanol–water partition coefficient (Wildman–Crippen LogP) is 1.12. The van der Waals surface area contributed by atoms with Crippen LogP contribution in [0.25, 0.3) is 5.69 Å². The summed E-state index contributed by atoms with van der Waals surface area (Å²) in [6.45, 7) is 5.76. The topological polar surface area (TPSA) is 90.5 Å². The lowest BCUT2D eigenvalue weighted by Crippen LogP contribution is -2.41. The molecule has 0 spiro atoms. The maximum Gasteiger partial charge on any atom is 0.261 e. The van der Waals surface area contributed by atoms with E-state index in [4.69, 9.17) is 4.52 Å². The molecular formula is C16H16N4O3S. The molecule has 3 aromatic rings. The molecule has 0 saturated heterocycles. The Morgan fingerprint density at radius 1 is 1.08 bits per heavy atom. The maximum absolute atomic E-state index is 12.3. The minimum atomic E-state index is -3.90. The number of sulfonamides is 1. The monoisotopic (exact) mass is 344 g/mol. The van der Waals surface area contributed by atoms with E-state index in [1.165, 1.54) is 16.9 Å². The van der Waals surface area contributed by atoms with Crippen LogP contribution in [-0.4, -0.2) is 13.7 Å². The van der Waals surface area contributed by atoms with Gasteiger partial charge in [0.05, 0.1) is 10.2 Å². The standard InChI is InChI=1S/C16H16N4O3S/c1-11-7-9-14(10-8-11)24(21,22)18-16-17-20(19-23-16)15-6-4-5-12(2)13(15)3/h4-10H,1-3H3. The van der Waals surface area contributed by atoms with Gasteiger partial charge in [-0.25, -0.2) is 12.8 Å². The highest BCUT2D eigenvalue weighted by atomic mass is 32.2. The van der Waals surface area contributed by atoms with E-state index in [9.17, 15) is 8.42 Å². The highest BCUT2D eigenvalue weighted by Crippen LogP contribution is 2.12. The molecule has 24 heavy (non-hydrogen) atoms. The molecule has 0 atom stereocenters. The molecule has 8 heteroatoms. The van der Waals surface area contributed by atoms with Crippen LogP contribution in [0.2, 0.25) is 0 Å². The molecule has 0 bridgehead atoms. The Morgan fingerprint density at radius 2 is 1.79 bits per heavy atom. The zero-order chi connectivity index (χ0) is 17.3. The minimum Gasteiger partial charge on any atom is -0.360 e. The Hall–Kier alpha value is -2.74. The fourth-order valence-electron chi connectivity index (χ4n) is 2.14. The van der Waals surface area contributed by atoms with E-state index < -0.39 is 10.0 Å². The first kappa shape index (κ1) is 16.1. The molecule has 0 fully saturated rings. The zero-order valence-corrected chi connectivity index (χ0v) is 14.3. The fourth-order valence-corrected chi connectivity index (χ4v) is 3.00. The second kappa shape index (κ2) is 6.04. The summed E-state index contributed by atoms with van der Waals surface area (Å²) in [5.41, 5.74) is 3.37. The number of hydrogen-bond acceptors (Lipinski definition) is 4. The van der Waals surface area contributed by atoms with Crippen LogP contribution in [0.3, 0.4) is 0 Å². The Kier molecular flexibility index (Phi) is 4.06. The van der Waals surface area contributed by atoms with Crippen LogP contribution in [0, 0.1) is 20.8 Å². The van der Waals surface area contributed by atoms with E-state index in [2.05, 4.69) is 14.8 Å². The van der Waals surface area contributed by atoms with Crippen molar-refractivity contribution >= 4 is 10.0 Å². The van der Waals surface area contributed by atoms with Crippen molar-refractivity contribution in [1.29, 1.82) is 0 Å². The van der Waals surface area contributed by atoms with E-state index in [1.807, 2.05) is 39.0 Å². The van der Waals surface area contributed by atoms with Crippen molar-refractivity contribution in [2.75, 3.05) is 0 Å². The Bertz CT molecular complexity index is 1050. The highest BCUT2D eigenvalue weighted by Gasteiger charge is 2.14. The maximum atomic E-state index is 12.3. The van der Waals surface area contributed by atoms with Crippen LogP contribution >= 0.6 is 0 Å². The van der Waals surface area contributed by atoms with Crippen LogP contribution in [0.5, 0.6) is 0 Å². The summed E-state index contributed by atoms with van der Waals surface area (Å²) in [6.07, 6.45) is 0. The van der Waals surface area contributed by atoms with Crippen LogP contribution in [-0.2, 0) is 10.0 Å². The molecule has 1 aromatic heterocycles. The molecule has 0 aliphatic carbocycles. The number of rotatable bonds is 3. The highest BCUT2D eigenvalue weighted by molar-refractivity contribution is 7.90. The van der Waals surface area contributed by atoms with Gasteiger partial charge in [0.2, 0.25) is 15.7 Å². The molecule has 1 heterocycles. The van der Waals surface area contributed by atoms with Crippen LogP contribution in [0.4, 0.5) is 0 Å². The zero-order valence-electron chi connectivity index (χ0n) is 13.5. The van der Waals surface area contributed by atoms with Gasteiger partial charge in [-0.1, -0.05) is 34.9 Å². The van der Waals surface area contributed by atoms with E-state index in [1.54, 1.807) is 12.1 Å². The second-order valence-corrected chi connectivity index (χ2v) is 7.05.